The largest absolute Gasteiger partial charge is 0.370 e. The number of benzene rings is 2. The fourth-order valence-electron chi connectivity index (χ4n) is 2.51. The zero-order chi connectivity index (χ0) is 18.5. The monoisotopic (exact) mass is 479 g/mol. The molecule has 27 heavy (non-hydrogen) atoms. The molecule has 0 saturated carbocycles. The molecule has 3 rings (SSSR count). The molecular formula is C20H23FIN5. The molecule has 0 atom stereocenters. The van der Waals surface area contributed by atoms with Crippen LogP contribution >= 0.6 is 24.0 Å². The highest BCUT2D eigenvalue weighted by atomic mass is 127. The fourth-order valence-corrected chi connectivity index (χ4v) is 2.51. The van der Waals surface area contributed by atoms with Crippen LogP contribution in [0.1, 0.15) is 31.0 Å². The van der Waals surface area contributed by atoms with Crippen LogP contribution in [-0.2, 0) is 6.54 Å². The standard InChI is InChI=1S/C20H22FN5.HI/c1-14(2)15-4-3-5-17(12-15)24-20(22)23-13-18-10-11-26(25-18)19-8-6-16(21)7-9-19;/h3-12,14H,13H2,1-2H3,(H3,22,23,24);1H. The predicted molar refractivity (Wildman–Crippen MR) is 118 cm³/mol. The Kier molecular flexibility index (Phi) is 7.35. The molecule has 1 aromatic heterocycles. The Morgan fingerprint density at radius 1 is 1.19 bits per heavy atom. The van der Waals surface area contributed by atoms with Crippen LogP contribution in [0.5, 0.6) is 0 Å². The third-order valence-electron chi connectivity index (χ3n) is 3.97. The lowest BCUT2D eigenvalue weighted by Gasteiger charge is -2.09. The quantitative estimate of drug-likeness (QED) is 0.317. The van der Waals surface area contributed by atoms with E-state index in [1.807, 2.05) is 24.4 Å². The van der Waals surface area contributed by atoms with E-state index in [9.17, 15) is 4.39 Å². The van der Waals surface area contributed by atoms with Crippen molar-refractivity contribution in [3.63, 3.8) is 0 Å². The molecule has 0 aliphatic rings. The number of aromatic nitrogens is 2. The van der Waals surface area contributed by atoms with Gasteiger partial charge in [0.2, 0.25) is 0 Å². The third kappa shape index (κ3) is 5.78. The van der Waals surface area contributed by atoms with E-state index in [1.54, 1.807) is 16.8 Å². The Morgan fingerprint density at radius 3 is 2.63 bits per heavy atom. The fraction of sp³-hybridized carbons (Fsp3) is 0.200. The Hall–Kier alpha value is -2.42. The van der Waals surface area contributed by atoms with Gasteiger partial charge in [-0.3, -0.25) is 0 Å². The molecule has 0 aliphatic heterocycles. The van der Waals surface area contributed by atoms with E-state index in [0.717, 1.165) is 17.1 Å². The number of anilines is 1. The van der Waals surface area contributed by atoms with E-state index in [-0.39, 0.29) is 29.8 Å². The lowest BCUT2D eigenvalue weighted by atomic mass is 10.0. The average Bonchev–Trinajstić information content (AvgIpc) is 3.10. The summed E-state index contributed by atoms with van der Waals surface area (Å²) < 4.78 is 14.7. The highest BCUT2D eigenvalue weighted by Crippen LogP contribution is 2.18. The molecule has 0 spiro atoms. The molecule has 0 bridgehead atoms. The van der Waals surface area contributed by atoms with Gasteiger partial charge >= 0.3 is 0 Å². The number of guanidine groups is 1. The van der Waals surface area contributed by atoms with Gasteiger partial charge in [0.1, 0.15) is 5.82 Å². The first-order valence-corrected chi connectivity index (χ1v) is 8.48. The van der Waals surface area contributed by atoms with E-state index in [4.69, 9.17) is 5.73 Å². The lowest BCUT2D eigenvalue weighted by Crippen LogP contribution is -2.22. The van der Waals surface area contributed by atoms with Crippen molar-refractivity contribution in [2.45, 2.75) is 26.3 Å². The summed E-state index contributed by atoms with van der Waals surface area (Å²) in [4.78, 5) is 4.33. The smallest absolute Gasteiger partial charge is 0.193 e. The van der Waals surface area contributed by atoms with Crippen LogP contribution in [0.25, 0.3) is 5.69 Å². The number of rotatable bonds is 5. The summed E-state index contributed by atoms with van der Waals surface area (Å²) in [5, 5.41) is 7.53. The molecule has 5 nitrogen and oxygen atoms in total. The van der Waals surface area contributed by atoms with Crippen molar-refractivity contribution in [1.82, 2.24) is 9.78 Å². The van der Waals surface area contributed by atoms with Gasteiger partial charge in [-0.25, -0.2) is 14.1 Å². The predicted octanol–water partition coefficient (Wildman–Crippen LogP) is 4.68. The summed E-state index contributed by atoms with van der Waals surface area (Å²) in [6.45, 7) is 4.65. The molecule has 142 valence electrons. The Morgan fingerprint density at radius 2 is 1.93 bits per heavy atom. The Labute approximate surface area is 175 Å². The van der Waals surface area contributed by atoms with Gasteiger partial charge in [-0.1, -0.05) is 26.0 Å². The van der Waals surface area contributed by atoms with Gasteiger partial charge in [0, 0.05) is 11.9 Å². The molecule has 0 aliphatic carbocycles. The number of halogens is 2. The summed E-state index contributed by atoms with van der Waals surface area (Å²) in [6, 6.07) is 16.1. The normalized spacial score (nSPS) is 11.3. The number of nitrogens with two attached hydrogens (primary N) is 1. The first kappa shape index (κ1) is 20.9. The second kappa shape index (κ2) is 9.50. The first-order chi connectivity index (χ1) is 12.5. The van der Waals surface area contributed by atoms with Crippen molar-refractivity contribution in [2.75, 3.05) is 5.32 Å². The van der Waals surface area contributed by atoms with Crippen molar-refractivity contribution < 1.29 is 4.39 Å². The topological polar surface area (TPSA) is 68.2 Å². The third-order valence-corrected chi connectivity index (χ3v) is 3.97. The van der Waals surface area contributed by atoms with Crippen LogP contribution in [0, 0.1) is 5.82 Å². The van der Waals surface area contributed by atoms with Gasteiger partial charge in [0.05, 0.1) is 17.9 Å². The van der Waals surface area contributed by atoms with Crippen molar-refractivity contribution >= 4 is 35.6 Å². The molecule has 2 aromatic carbocycles. The average molecular weight is 479 g/mol. The van der Waals surface area contributed by atoms with Gasteiger partial charge in [0.25, 0.3) is 0 Å². The maximum Gasteiger partial charge on any atom is 0.193 e. The summed E-state index contributed by atoms with van der Waals surface area (Å²) in [7, 11) is 0. The minimum absolute atomic E-state index is 0. The zero-order valence-corrected chi connectivity index (χ0v) is 17.6. The van der Waals surface area contributed by atoms with E-state index in [1.165, 1.54) is 17.7 Å². The number of hydrogen-bond acceptors (Lipinski definition) is 2. The van der Waals surface area contributed by atoms with Crippen molar-refractivity contribution in [3.05, 3.63) is 77.9 Å². The summed E-state index contributed by atoms with van der Waals surface area (Å²) in [5.74, 6) is 0.513. The Bertz CT molecular complexity index is 903. The molecule has 0 radical (unpaired) electrons. The minimum Gasteiger partial charge on any atom is -0.370 e. The van der Waals surface area contributed by atoms with Crippen molar-refractivity contribution in [1.29, 1.82) is 0 Å². The number of hydrogen-bond donors (Lipinski definition) is 2. The van der Waals surface area contributed by atoms with Crippen LogP contribution in [0.4, 0.5) is 10.1 Å². The van der Waals surface area contributed by atoms with E-state index in [2.05, 4.69) is 41.4 Å². The zero-order valence-electron chi connectivity index (χ0n) is 15.3. The van der Waals surface area contributed by atoms with Crippen LogP contribution in [0.2, 0.25) is 0 Å². The van der Waals surface area contributed by atoms with Crippen LogP contribution in [0.15, 0.2) is 65.8 Å². The van der Waals surface area contributed by atoms with Gasteiger partial charge in [-0.05, 0) is 53.9 Å². The minimum atomic E-state index is -0.272. The molecule has 0 unspecified atom stereocenters. The van der Waals surface area contributed by atoms with E-state index >= 15 is 0 Å². The molecule has 3 aromatic rings. The number of nitrogens with one attached hydrogen (secondary N) is 1. The van der Waals surface area contributed by atoms with Gasteiger partial charge in [0.15, 0.2) is 5.96 Å². The molecule has 7 heteroatoms. The summed E-state index contributed by atoms with van der Waals surface area (Å²) in [5.41, 5.74) is 9.69. The van der Waals surface area contributed by atoms with Crippen molar-refractivity contribution in [3.8, 4) is 5.69 Å². The maximum absolute atomic E-state index is 13.0. The van der Waals surface area contributed by atoms with Crippen molar-refractivity contribution in [2.24, 2.45) is 10.7 Å². The SMILES string of the molecule is CC(C)c1cccc(NC(N)=NCc2ccn(-c3ccc(F)cc3)n2)c1.I. The van der Waals surface area contributed by atoms with Gasteiger partial charge in [-0.15, -0.1) is 24.0 Å². The molecular weight excluding hydrogens is 456 g/mol. The first-order valence-electron chi connectivity index (χ1n) is 8.48. The number of aliphatic imine (C=N–C) groups is 1. The molecule has 0 fully saturated rings. The maximum atomic E-state index is 13.0. The molecule has 0 saturated heterocycles. The van der Waals surface area contributed by atoms with Gasteiger partial charge < -0.3 is 11.1 Å². The van der Waals surface area contributed by atoms with Gasteiger partial charge in [-0.2, -0.15) is 5.10 Å². The highest BCUT2D eigenvalue weighted by Gasteiger charge is 2.03. The van der Waals surface area contributed by atoms with Crippen LogP contribution in [-0.4, -0.2) is 15.7 Å². The molecule has 1 heterocycles. The number of nitrogens with zero attached hydrogens (tertiary/aromatic N) is 3. The van der Waals surface area contributed by atoms with Crippen LogP contribution < -0.4 is 11.1 Å². The second-order valence-electron chi connectivity index (χ2n) is 6.33. The molecule has 0 amide bonds. The summed E-state index contributed by atoms with van der Waals surface area (Å²) in [6.07, 6.45) is 1.81. The van der Waals surface area contributed by atoms with Crippen LogP contribution in [0.3, 0.4) is 0 Å². The van der Waals surface area contributed by atoms with E-state index in [0.29, 0.717) is 18.4 Å². The summed E-state index contributed by atoms with van der Waals surface area (Å²) >= 11 is 0. The highest BCUT2D eigenvalue weighted by molar-refractivity contribution is 14.0. The molecule has 3 N–H and O–H groups in total. The van der Waals surface area contributed by atoms with E-state index < -0.39 is 0 Å². The lowest BCUT2D eigenvalue weighted by molar-refractivity contribution is 0.627. The Balaban J connectivity index is 0.00000261. The second-order valence-corrected chi connectivity index (χ2v) is 6.33.